The van der Waals surface area contributed by atoms with Crippen molar-refractivity contribution in [1.82, 2.24) is 10.2 Å². The summed E-state index contributed by atoms with van der Waals surface area (Å²) >= 11 is 0. The maximum atomic E-state index is 12.2. The van der Waals surface area contributed by atoms with E-state index in [1.54, 1.807) is 13.8 Å². The summed E-state index contributed by atoms with van der Waals surface area (Å²) in [6.45, 7) is 3.94. The van der Waals surface area contributed by atoms with Crippen LogP contribution in [0, 0.1) is 11.8 Å². The Balaban J connectivity index is 1.94. The van der Waals surface area contributed by atoms with Gasteiger partial charge in [0, 0.05) is 19.0 Å². The minimum atomic E-state index is -1.03. The number of hydrogen-bond donors (Lipinski definition) is 2. The van der Waals surface area contributed by atoms with E-state index >= 15 is 0 Å². The second kappa shape index (κ2) is 6.45. The molecule has 0 aromatic heterocycles. The van der Waals surface area contributed by atoms with Crippen molar-refractivity contribution in [2.75, 3.05) is 6.54 Å². The number of likely N-dealkylation sites (tertiary alicyclic amines) is 1. The highest BCUT2D eigenvalue weighted by Gasteiger charge is 2.39. The van der Waals surface area contributed by atoms with Crippen molar-refractivity contribution >= 4 is 17.8 Å². The molecule has 2 amide bonds. The van der Waals surface area contributed by atoms with E-state index < -0.39 is 17.9 Å². The third-order valence-corrected chi connectivity index (χ3v) is 4.53. The van der Waals surface area contributed by atoms with E-state index in [0.717, 1.165) is 25.7 Å². The molecule has 6 heteroatoms. The average Bonchev–Trinajstić information content (AvgIpc) is 3.03. The lowest BCUT2D eigenvalue weighted by Gasteiger charge is -2.24. The molecule has 1 aliphatic heterocycles. The SMILES string of the molecule is CC(C)[C@H](NC(=O)C1CC(=O)N(C2CCCC2)C1)C(=O)O. The Morgan fingerprint density at radius 2 is 1.90 bits per heavy atom. The molecule has 1 saturated heterocycles. The number of nitrogens with zero attached hydrogens (tertiary/aromatic N) is 1. The summed E-state index contributed by atoms with van der Waals surface area (Å²) in [5, 5.41) is 11.7. The molecule has 2 N–H and O–H groups in total. The molecule has 2 rings (SSSR count). The quantitative estimate of drug-likeness (QED) is 0.792. The van der Waals surface area contributed by atoms with Gasteiger partial charge in [0.25, 0.3) is 0 Å². The first-order chi connectivity index (χ1) is 9.90. The maximum absolute atomic E-state index is 12.2. The third kappa shape index (κ3) is 3.54. The molecule has 118 valence electrons. The van der Waals surface area contributed by atoms with Crippen molar-refractivity contribution in [1.29, 1.82) is 0 Å². The van der Waals surface area contributed by atoms with Crippen LogP contribution >= 0.6 is 0 Å². The first kappa shape index (κ1) is 15.8. The summed E-state index contributed by atoms with van der Waals surface area (Å²) in [4.78, 5) is 37.2. The van der Waals surface area contributed by atoms with Crippen molar-refractivity contribution in [3.8, 4) is 0 Å². The molecule has 0 spiro atoms. The fraction of sp³-hybridized carbons (Fsp3) is 0.800. The summed E-state index contributed by atoms with van der Waals surface area (Å²) in [5.41, 5.74) is 0. The van der Waals surface area contributed by atoms with Crippen LogP contribution in [0.5, 0.6) is 0 Å². The van der Waals surface area contributed by atoms with Gasteiger partial charge in [-0.2, -0.15) is 0 Å². The summed E-state index contributed by atoms with van der Waals surface area (Å²) in [6, 6.07) is -0.621. The van der Waals surface area contributed by atoms with Crippen LogP contribution < -0.4 is 5.32 Å². The van der Waals surface area contributed by atoms with Gasteiger partial charge in [0.05, 0.1) is 5.92 Å². The molecular weight excluding hydrogens is 272 g/mol. The highest BCUT2D eigenvalue weighted by molar-refractivity contribution is 5.91. The van der Waals surface area contributed by atoms with E-state index in [9.17, 15) is 14.4 Å². The molecule has 0 radical (unpaired) electrons. The monoisotopic (exact) mass is 296 g/mol. The molecule has 21 heavy (non-hydrogen) atoms. The van der Waals surface area contributed by atoms with Gasteiger partial charge in [0.15, 0.2) is 0 Å². The molecule has 0 aromatic rings. The van der Waals surface area contributed by atoms with Gasteiger partial charge >= 0.3 is 5.97 Å². The van der Waals surface area contributed by atoms with Gasteiger partial charge in [-0.15, -0.1) is 0 Å². The Bertz CT molecular complexity index is 429. The predicted molar refractivity (Wildman–Crippen MR) is 76.5 cm³/mol. The average molecular weight is 296 g/mol. The van der Waals surface area contributed by atoms with Crippen molar-refractivity contribution in [3.63, 3.8) is 0 Å². The number of carboxylic acid groups (broad SMARTS) is 1. The number of hydrogen-bond acceptors (Lipinski definition) is 3. The summed E-state index contributed by atoms with van der Waals surface area (Å²) in [7, 11) is 0. The zero-order valence-electron chi connectivity index (χ0n) is 12.7. The van der Waals surface area contributed by atoms with E-state index in [1.807, 2.05) is 4.90 Å². The Labute approximate surface area is 124 Å². The summed E-state index contributed by atoms with van der Waals surface area (Å²) in [5.74, 6) is -1.92. The molecule has 2 fully saturated rings. The number of nitrogens with one attached hydrogen (secondary N) is 1. The van der Waals surface area contributed by atoms with Crippen LogP contribution in [0.15, 0.2) is 0 Å². The van der Waals surface area contributed by atoms with Crippen molar-refractivity contribution in [2.24, 2.45) is 11.8 Å². The van der Waals surface area contributed by atoms with Crippen molar-refractivity contribution < 1.29 is 19.5 Å². The van der Waals surface area contributed by atoms with Gasteiger partial charge < -0.3 is 15.3 Å². The lowest BCUT2D eigenvalue weighted by molar-refractivity contribution is -0.143. The Hall–Kier alpha value is -1.59. The molecule has 2 atom stereocenters. The van der Waals surface area contributed by atoms with Gasteiger partial charge in [0.1, 0.15) is 6.04 Å². The fourth-order valence-electron chi connectivity index (χ4n) is 3.26. The molecule has 1 aliphatic carbocycles. The third-order valence-electron chi connectivity index (χ3n) is 4.53. The first-order valence-corrected chi connectivity index (χ1v) is 7.72. The number of rotatable bonds is 5. The fourth-order valence-corrected chi connectivity index (χ4v) is 3.26. The second-order valence-corrected chi connectivity index (χ2v) is 6.45. The molecule has 1 saturated carbocycles. The number of carbonyl (C=O) groups is 3. The smallest absolute Gasteiger partial charge is 0.326 e. The van der Waals surface area contributed by atoms with Crippen LogP contribution in [0.1, 0.15) is 46.0 Å². The van der Waals surface area contributed by atoms with Crippen molar-refractivity contribution in [3.05, 3.63) is 0 Å². The summed E-state index contributed by atoms with van der Waals surface area (Å²) < 4.78 is 0. The zero-order valence-corrected chi connectivity index (χ0v) is 12.7. The molecule has 2 aliphatic rings. The lowest BCUT2D eigenvalue weighted by atomic mass is 10.0. The van der Waals surface area contributed by atoms with Crippen LogP contribution in [-0.2, 0) is 14.4 Å². The number of amides is 2. The van der Waals surface area contributed by atoms with Gasteiger partial charge in [-0.3, -0.25) is 9.59 Å². The van der Waals surface area contributed by atoms with Gasteiger partial charge in [-0.05, 0) is 18.8 Å². The van der Waals surface area contributed by atoms with Crippen LogP contribution in [0.2, 0.25) is 0 Å². The molecule has 6 nitrogen and oxygen atoms in total. The number of carboxylic acids is 1. The lowest BCUT2D eigenvalue weighted by Crippen LogP contribution is -2.47. The van der Waals surface area contributed by atoms with Crippen LogP contribution in [0.25, 0.3) is 0 Å². The standard InChI is InChI=1S/C15H24N2O4/c1-9(2)13(15(20)21)16-14(19)10-7-12(18)17(8-10)11-5-3-4-6-11/h9-11,13H,3-8H2,1-2H3,(H,16,19)(H,20,21)/t10?,13-/m0/s1. The van der Waals surface area contributed by atoms with E-state index in [-0.39, 0.29) is 30.2 Å². The number of carbonyl (C=O) groups excluding carboxylic acids is 2. The largest absolute Gasteiger partial charge is 0.480 e. The van der Waals surface area contributed by atoms with Crippen LogP contribution in [-0.4, -0.2) is 46.4 Å². The highest BCUT2D eigenvalue weighted by atomic mass is 16.4. The maximum Gasteiger partial charge on any atom is 0.326 e. The van der Waals surface area contributed by atoms with Crippen molar-refractivity contribution in [2.45, 2.75) is 58.0 Å². The molecule has 0 bridgehead atoms. The van der Waals surface area contributed by atoms with Gasteiger partial charge in [0.2, 0.25) is 11.8 Å². The van der Waals surface area contributed by atoms with Crippen LogP contribution in [0.3, 0.4) is 0 Å². The van der Waals surface area contributed by atoms with E-state index in [1.165, 1.54) is 0 Å². The molecule has 1 heterocycles. The molecule has 0 aromatic carbocycles. The predicted octanol–water partition coefficient (Wildman–Crippen LogP) is 1.00. The second-order valence-electron chi connectivity index (χ2n) is 6.45. The van der Waals surface area contributed by atoms with Gasteiger partial charge in [-0.25, -0.2) is 4.79 Å². The Morgan fingerprint density at radius 1 is 1.29 bits per heavy atom. The minimum Gasteiger partial charge on any atom is -0.480 e. The first-order valence-electron chi connectivity index (χ1n) is 7.72. The highest BCUT2D eigenvalue weighted by Crippen LogP contribution is 2.29. The number of aliphatic carboxylic acids is 1. The topological polar surface area (TPSA) is 86.7 Å². The normalized spacial score (nSPS) is 24.6. The molecule has 1 unspecified atom stereocenters. The van der Waals surface area contributed by atoms with E-state index in [2.05, 4.69) is 5.32 Å². The van der Waals surface area contributed by atoms with E-state index in [4.69, 9.17) is 5.11 Å². The van der Waals surface area contributed by atoms with E-state index in [0.29, 0.717) is 6.54 Å². The van der Waals surface area contributed by atoms with Crippen LogP contribution in [0.4, 0.5) is 0 Å². The Morgan fingerprint density at radius 3 is 2.43 bits per heavy atom. The summed E-state index contributed by atoms with van der Waals surface area (Å²) in [6.07, 6.45) is 4.51. The van der Waals surface area contributed by atoms with Gasteiger partial charge in [-0.1, -0.05) is 26.7 Å². The Kier molecular flexibility index (Phi) is 4.85. The minimum absolute atomic E-state index is 0.0264. The molecular formula is C15H24N2O4. The zero-order chi connectivity index (χ0) is 15.6.